The molecule has 46 valence electrons. The summed E-state index contributed by atoms with van der Waals surface area (Å²) in [5.74, 6) is -1.01. The smallest absolute Gasteiger partial charge is 0.329 e. The van der Waals surface area contributed by atoms with E-state index in [1.54, 1.807) is 0 Å². The fourth-order valence-corrected chi connectivity index (χ4v) is 0.263. The molecule has 0 saturated heterocycles. The van der Waals surface area contributed by atoms with E-state index in [0.29, 0.717) is 0 Å². The number of carboxylic acid groups (broad SMARTS) is 1. The van der Waals surface area contributed by atoms with E-state index >= 15 is 0 Å². The summed E-state index contributed by atoms with van der Waals surface area (Å²) < 4.78 is 0. The molecular weight excluding hydrogens is 142 g/mol. The molecular formula is C4H8AlClO2. The van der Waals surface area contributed by atoms with Crippen LogP contribution in [0.3, 0.4) is 0 Å². The largest absolute Gasteiger partial charge is 0.478 e. The molecule has 0 aliphatic rings. The van der Waals surface area contributed by atoms with Gasteiger partial charge in [0.05, 0.1) is 0 Å². The zero-order valence-electron chi connectivity index (χ0n) is 3.81. The minimum Gasteiger partial charge on any atom is -0.478 e. The van der Waals surface area contributed by atoms with Crippen LogP contribution in [0.2, 0.25) is 0 Å². The molecule has 0 bridgehead atoms. The maximum Gasteiger partial charge on any atom is 0.329 e. The first kappa shape index (κ1) is 10.9. The van der Waals surface area contributed by atoms with Crippen LogP contribution >= 0.6 is 11.6 Å². The molecule has 0 aromatic rings. The van der Waals surface area contributed by atoms with Crippen LogP contribution in [-0.2, 0) is 4.79 Å². The highest BCUT2D eigenvalue weighted by molar-refractivity contribution is 6.30. The quantitative estimate of drug-likeness (QED) is 0.423. The summed E-state index contributed by atoms with van der Waals surface area (Å²) in [7, 11) is 0. The Morgan fingerprint density at radius 1 is 1.75 bits per heavy atom. The number of carbonyl (C=O) groups is 1. The second-order valence-corrected chi connectivity index (χ2v) is 1.67. The Balaban J connectivity index is 0. The minimum atomic E-state index is -1.01. The van der Waals surface area contributed by atoms with Crippen molar-refractivity contribution in [3.63, 3.8) is 0 Å². The van der Waals surface area contributed by atoms with Crippen LogP contribution in [0.5, 0.6) is 0 Å². The Morgan fingerprint density at radius 2 is 2.12 bits per heavy atom. The van der Waals surface area contributed by atoms with Crippen LogP contribution < -0.4 is 0 Å². The summed E-state index contributed by atoms with van der Waals surface area (Å²) in [6.07, 6.45) is 0.932. The van der Waals surface area contributed by atoms with Crippen LogP contribution in [0, 0.1) is 0 Å². The lowest BCUT2D eigenvalue weighted by Crippen LogP contribution is -1.85. The van der Waals surface area contributed by atoms with Gasteiger partial charge in [-0.25, -0.2) is 4.79 Å². The van der Waals surface area contributed by atoms with Crippen molar-refractivity contribution >= 4 is 34.9 Å². The maximum atomic E-state index is 9.65. The molecule has 0 saturated carbocycles. The highest BCUT2D eigenvalue weighted by Gasteiger charge is 1.85. The first-order valence-corrected chi connectivity index (χ1v) is 2.07. The Hall–Kier alpha value is 0.0325. The molecule has 2 nitrogen and oxygen atoms in total. The number of hydrogen-bond donors (Lipinski definition) is 1. The molecule has 0 aromatic carbocycles. The van der Waals surface area contributed by atoms with Gasteiger partial charge in [-0.05, 0) is 6.92 Å². The summed E-state index contributed by atoms with van der Waals surface area (Å²) >= 11 is 5.15. The van der Waals surface area contributed by atoms with Gasteiger partial charge in [0.15, 0.2) is 17.4 Å². The molecule has 1 N–H and O–H groups in total. The molecule has 0 spiro atoms. The molecule has 0 radical (unpaired) electrons. The molecule has 0 unspecified atom stereocenters. The lowest BCUT2D eigenvalue weighted by Gasteiger charge is -1.77. The number of halogens is 1. The van der Waals surface area contributed by atoms with Gasteiger partial charge in [0.25, 0.3) is 0 Å². The molecule has 8 heavy (non-hydrogen) atoms. The fraction of sp³-hybridized carbons (Fsp3) is 0.250. The third-order valence-electron chi connectivity index (χ3n) is 0.322. The number of carboxylic acids is 1. The van der Waals surface area contributed by atoms with E-state index in [0.717, 1.165) is 6.08 Å². The fourth-order valence-electron chi connectivity index (χ4n) is 0.170. The Kier molecular flexibility index (Phi) is 7.06. The van der Waals surface area contributed by atoms with E-state index in [4.69, 9.17) is 16.7 Å². The predicted octanol–water partition coefficient (Wildman–Crippen LogP) is 0.0297. The molecule has 0 amide bonds. The zero-order chi connectivity index (χ0) is 5.86. The van der Waals surface area contributed by atoms with Crippen molar-refractivity contribution in [1.82, 2.24) is 0 Å². The number of hydrogen-bond acceptors (Lipinski definition) is 1. The van der Waals surface area contributed by atoms with Gasteiger partial charge in [-0.15, -0.1) is 0 Å². The topological polar surface area (TPSA) is 37.3 Å². The molecule has 0 fully saturated rings. The first-order valence-electron chi connectivity index (χ1n) is 1.69. The molecule has 0 aliphatic heterocycles. The van der Waals surface area contributed by atoms with Crippen molar-refractivity contribution in [2.24, 2.45) is 0 Å². The predicted molar refractivity (Wildman–Crippen MR) is 37.2 cm³/mol. The summed E-state index contributed by atoms with van der Waals surface area (Å²) in [6.45, 7) is 1.51. The average molecular weight is 151 g/mol. The average Bonchev–Trinajstić information content (AvgIpc) is 1.27. The number of aliphatic carboxylic acids is 1. The van der Waals surface area contributed by atoms with Gasteiger partial charge in [-0.2, -0.15) is 0 Å². The van der Waals surface area contributed by atoms with Gasteiger partial charge in [0.1, 0.15) is 0 Å². The lowest BCUT2D eigenvalue weighted by atomic mass is 10.5. The maximum absolute atomic E-state index is 9.65. The standard InChI is InChI=1S/C4H5ClO2.Al.3H/c1-3(5)2-4(6)7;;;;/h2H,1H3,(H,6,7);;;;/b3-2-;;;;. The Labute approximate surface area is 63.3 Å². The first-order chi connectivity index (χ1) is 3.13. The number of allylic oxidation sites excluding steroid dienone is 1. The van der Waals surface area contributed by atoms with Gasteiger partial charge >= 0.3 is 5.97 Å². The van der Waals surface area contributed by atoms with E-state index < -0.39 is 5.97 Å². The molecule has 0 rings (SSSR count). The minimum absolute atomic E-state index is 0. The van der Waals surface area contributed by atoms with Gasteiger partial charge in [0.2, 0.25) is 0 Å². The van der Waals surface area contributed by atoms with E-state index in [-0.39, 0.29) is 22.4 Å². The van der Waals surface area contributed by atoms with Crippen molar-refractivity contribution in [1.29, 1.82) is 0 Å². The molecule has 4 heteroatoms. The van der Waals surface area contributed by atoms with Crippen LogP contribution in [0.1, 0.15) is 6.92 Å². The van der Waals surface area contributed by atoms with Gasteiger partial charge < -0.3 is 5.11 Å². The van der Waals surface area contributed by atoms with E-state index in [9.17, 15) is 4.79 Å². The van der Waals surface area contributed by atoms with Gasteiger partial charge in [0, 0.05) is 11.1 Å². The second kappa shape index (κ2) is 5.17. The lowest BCUT2D eigenvalue weighted by molar-refractivity contribution is -0.131. The van der Waals surface area contributed by atoms with Gasteiger partial charge in [-0.1, -0.05) is 11.6 Å². The van der Waals surface area contributed by atoms with Crippen molar-refractivity contribution in [3.8, 4) is 0 Å². The van der Waals surface area contributed by atoms with Crippen molar-refractivity contribution in [2.75, 3.05) is 0 Å². The SMILES string of the molecule is C/C(Cl)=C/C(=O)O.[AlH3]. The summed E-state index contributed by atoms with van der Waals surface area (Å²) in [4.78, 5) is 9.65. The van der Waals surface area contributed by atoms with E-state index in [2.05, 4.69) is 0 Å². The third-order valence-corrected chi connectivity index (χ3v) is 0.431. The number of rotatable bonds is 1. The van der Waals surface area contributed by atoms with Crippen molar-refractivity contribution in [3.05, 3.63) is 11.1 Å². The van der Waals surface area contributed by atoms with Gasteiger partial charge in [-0.3, -0.25) is 0 Å². The highest BCUT2D eigenvalue weighted by atomic mass is 35.5. The third kappa shape index (κ3) is 9.40. The molecule has 0 aliphatic carbocycles. The summed E-state index contributed by atoms with van der Waals surface area (Å²) in [6, 6.07) is 0. The van der Waals surface area contributed by atoms with Crippen LogP contribution in [0.15, 0.2) is 11.1 Å². The molecule has 0 heterocycles. The van der Waals surface area contributed by atoms with Crippen molar-refractivity contribution < 1.29 is 9.90 Å². The highest BCUT2D eigenvalue weighted by Crippen LogP contribution is 1.95. The monoisotopic (exact) mass is 150 g/mol. The van der Waals surface area contributed by atoms with Crippen LogP contribution in [0.25, 0.3) is 0 Å². The molecule has 0 atom stereocenters. The van der Waals surface area contributed by atoms with E-state index in [1.807, 2.05) is 0 Å². The Bertz CT molecular complexity index is 107. The Morgan fingerprint density at radius 3 is 2.12 bits per heavy atom. The van der Waals surface area contributed by atoms with Crippen LogP contribution in [-0.4, -0.2) is 28.4 Å². The zero-order valence-corrected chi connectivity index (χ0v) is 4.57. The summed E-state index contributed by atoms with van der Waals surface area (Å²) in [5.41, 5.74) is 0. The summed E-state index contributed by atoms with van der Waals surface area (Å²) in [5, 5.41) is 8.21. The second-order valence-electron chi connectivity index (χ2n) is 1.07. The van der Waals surface area contributed by atoms with E-state index in [1.165, 1.54) is 6.92 Å². The van der Waals surface area contributed by atoms with Crippen LogP contribution in [0.4, 0.5) is 0 Å². The normalized spacial score (nSPS) is 10.0. The van der Waals surface area contributed by atoms with Crippen molar-refractivity contribution in [2.45, 2.75) is 6.92 Å². The molecule has 0 aromatic heterocycles.